The highest BCUT2D eigenvalue weighted by molar-refractivity contribution is 5.37. The van der Waals surface area contributed by atoms with Crippen LogP contribution in [0.4, 0.5) is 0 Å². The molecule has 2 heterocycles. The second-order valence-corrected chi connectivity index (χ2v) is 5.26. The average Bonchev–Trinajstić information content (AvgIpc) is 2.83. The lowest BCUT2D eigenvalue weighted by atomic mass is 9.72. The van der Waals surface area contributed by atoms with Crippen molar-refractivity contribution in [1.82, 2.24) is 5.32 Å². The zero-order chi connectivity index (χ0) is 12.4. The van der Waals surface area contributed by atoms with Gasteiger partial charge in [-0.2, -0.15) is 0 Å². The topological polar surface area (TPSA) is 30.5 Å². The molecule has 1 aromatic rings. The maximum atomic E-state index is 5.61. The van der Waals surface area contributed by atoms with E-state index in [1.807, 2.05) is 13.0 Å². The molecule has 2 saturated heterocycles. The van der Waals surface area contributed by atoms with Crippen molar-refractivity contribution in [2.24, 2.45) is 0 Å². The predicted octanol–water partition coefficient (Wildman–Crippen LogP) is 2.11. The van der Waals surface area contributed by atoms with Crippen molar-refractivity contribution in [1.29, 1.82) is 0 Å². The quantitative estimate of drug-likeness (QED) is 0.884. The first-order valence-corrected chi connectivity index (χ1v) is 6.89. The molecule has 0 radical (unpaired) electrons. The number of ether oxygens (including phenoxy) is 2. The molecular weight excluding hydrogens is 226 g/mol. The van der Waals surface area contributed by atoms with Gasteiger partial charge in [0.25, 0.3) is 0 Å². The van der Waals surface area contributed by atoms with Crippen LogP contribution in [-0.4, -0.2) is 32.4 Å². The third-order valence-corrected chi connectivity index (χ3v) is 4.17. The Bertz CT molecular complexity index is 409. The van der Waals surface area contributed by atoms with Crippen LogP contribution in [0.5, 0.6) is 5.75 Å². The van der Waals surface area contributed by atoms with Gasteiger partial charge in [0, 0.05) is 6.04 Å². The SMILES string of the molecule is CCOc1cccc(C2(C3CCCN3)COC2)c1. The first-order valence-electron chi connectivity index (χ1n) is 6.89. The molecule has 2 aliphatic heterocycles. The summed E-state index contributed by atoms with van der Waals surface area (Å²) >= 11 is 0. The summed E-state index contributed by atoms with van der Waals surface area (Å²) in [5.41, 5.74) is 1.53. The minimum atomic E-state index is 0.170. The average molecular weight is 247 g/mol. The molecule has 1 N–H and O–H groups in total. The van der Waals surface area contributed by atoms with E-state index in [0.717, 1.165) is 25.5 Å². The number of benzene rings is 1. The predicted molar refractivity (Wildman–Crippen MR) is 71.1 cm³/mol. The Morgan fingerprint density at radius 3 is 2.94 bits per heavy atom. The maximum Gasteiger partial charge on any atom is 0.119 e. The molecule has 1 atom stereocenters. The largest absolute Gasteiger partial charge is 0.494 e. The van der Waals surface area contributed by atoms with E-state index in [4.69, 9.17) is 9.47 Å². The molecule has 0 spiro atoms. The van der Waals surface area contributed by atoms with Crippen LogP contribution in [0, 0.1) is 0 Å². The van der Waals surface area contributed by atoms with Crippen LogP contribution >= 0.6 is 0 Å². The van der Waals surface area contributed by atoms with Crippen molar-refractivity contribution < 1.29 is 9.47 Å². The van der Waals surface area contributed by atoms with Gasteiger partial charge in [-0.25, -0.2) is 0 Å². The fourth-order valence-corrected chi connectivity index (χ4v) is 3.11. The fraction of sp³-hybridized carbons (Fsp3) is 0.600. The molecule has 3 heteroatoms. The highest BCUT2D eigenvalue weighted by Crippen LogP contribution is 2.40. The first-order chi connectivity index (χ1) is 8.85. The van der Waals surface area contributed by atoms with E-state index >= 15 is 0 Å². The smallest absolute Gasteiger partial charge is 0.119 e. The van der Waals surface area contributed by atoms with Gasteiger partial charge in [-0.3, -0.25) is 0 Å². The van der Waals surface area contributed by atoms with Crippen molar-refractivity contribution in [3.63, 3.8) is 0 Å². The lowest BCUT2D eigenvalue weighted by molar-refractivity contribution is -0.0761. The van der Waals surface area contributed by atoms with Crippen molar-refractivity contribution >= 4 is 0 Å². The Labute approximate surface area is 108 Å². The van der Waals surface area contributed by atoms with E-state index in [9.17, 15) is 0 Å². The summed E-state index contributed by atoms with van der Waals surface area (Å²) in [4.78, 5) is 0. The minimum Gasteiger partial charge on any atom is -0.494 e. The molecule has 0 bridgehead atoms. The van der Waals surface area contributed by atoms with Gasteiger partial charge in [0.05, 0.1) is 25.2 Å². The number of hydrogen-bond donors (Lipinski definition) is 1. The van der Waals surface area contributed by atoms with Crippen LogP contribution in [0.15, 0.2) is 24.3 Å². The third-order valence-electron chi connectivity index (χ3n) is 4.17. The number of nitrogens with one attached hydrogen (secondary N) is 1. The summed E-state index contributed by atoms with van der Waals surface area (Å²) in [6.45, 7) is 5.54. The molecule has 98 valence electrons. The Kier molecular flexibility index (Phi) is 3.27. The molecule has 2 fully saturated rings. The fourth-order valence-electron chi connectivity index (χ4n) is 3.11. The molecule has 1 unspecified atom stereocenters. The Morgan fingerprint density at radius 1 is 1.44 bits per heavy atom. The van der Waals surface area contributed by atoms with E-state index in [0.29, 0.717) is 12.6 Å². The molecule has 0 saturated carbocycles. The standard InChI is InChI=1S/C15H21NO2/c1-2-18-13-6-3-5-12(9-13)15(10-17-11-15)14-7-4-8-16-14/h3,5-6,9,14,16H,2,4,7-8,10-11H2,1H3. The van der Waals surface area contributed by atoms with E-state index in [1.54, 1.807) is 0 Å². The molecule has 0 amide bonds. The lowest BCUT2D eigenvalue weighted by Crippen LogP contribution is -2.58. The first kappa shape index (κ1) is 12.0. The molecule has 0 aliphatic carbocycles. The monoisotopic (exact) mass is 247 g/mol. The van der Waals surface area contributed by atoms with Crippen molar-refractivity contribution in [2.75, 3.05) is 26.4 Å². The molecule has 3 nitrogen and oxygen atoms in total. The van der Waals surface area contributed by atoms with Gasteiger partial charge in [-0.15, -0.1) is 0 Å². The van der Waals surface area contributed by atoms with Crippen LogP contribution in [0.1, 0.15) is 25.3 Å². The second kappa shape index (κ2) is 4.90. The van der Waals surface area contributed by atoms with Gasteiger partial charge in [0.15, 0.2) is 0 Å². The highest BCUT2D eigenvalue weighted by Gasteiger charge is 2.47. The Morgan fingerprint density at radius 2 is 2.33 bits per heavy atom. The van der Waals surface area contributed by atoms with Crippen LogP contribution in [-0.2, 0) is 10.2 Å². The van der Waals surface area contributed by atoms with E-state index in [2.05, 4.69) is 23.5 Å². The third kappa shape index (κ3) is 1.91. The van der Waals surface area contributed by atoms with E-state index in [1.165, 1.54) is 18.4 Å². The molecular formula is C15H21NO2. The van der Waals surface area contributed by atoms with E-state index in [-0.39, 0.29) is 5.41 Å². The maximum absolute atomic E-state index is 5.61. The zero-order valence-corrected chi connectivity index (χ0v) is 10.9. The summed E-state index contributed by atoms with van der Waals surface area (Å²) in [5.74, 6) is 0.972. The van der Waals surface area contributed by atoms with Crippen molar-refractivity contribution in [2.45, 2.75) is 31.2 Å². The molecule has 0 aromatic heterocycles. The Hall–Kier alpha value is -1.06. The van der Waals surface area contributed by atoms with Gasteiger partial charge < -0.3 is 14.8 Å². The summed E-state index contributed by atoms with van der Waals surface area (Å²) in [7, 11) is 0. The van der Waals surface area contributed by atoms with Crippen molar-refractivity contribution in [3.8, 4) is 5.75 Å². The molecule has 3 rings (SSSR count). The molecule has 2 aliphatic rings. The van der Waals surface area contributed by atoms with Crippen LogP contribution in [0.3, 0.4) is 0 Å². The highest BCUT2D eigenvalue weighted by atomic mass is 16.5. The van der Waals surface area contributed by atoms with Gasteiger partial charge >= 0.3 is 0 Å². The molecule has 1 aromatic carbocycles. The van der Waals surface area contributed by atoms with Crippen molar-refractivity contribution in [3.05, 3.63) is 29.8 Å². The minimum absolute atomic E-state index is 0.170. The van der Waals surface area contributed by atoms with Gasteiger partial charge in [0.1, 0.15) is 5.75 Å². The van der Waals surface area contributed by atoms with Gasteiger partial charge in [0.2, 0.25) is 0 Å². The van der Waals surface area contributed by atoms with Gasteiger partial charge in [-0.1, -0.05) is 12.1 Å². The Balaban J connectivity index is 1.88. The molecule has 18 heavy (non-hydrogen) atoms. The number of hydrogen-bond acceptors (Lipinski definition) is 3. The lowest BCUT2D eigenvalue weighted by Gasteiger charge is -2.46. The van der Waals surface area contributed by atoms with Crippen LogP contribution < -0.4 is 10.1 Å². The second-order valence-electron chi connectivity index (χ2n) is 5.26. The van der Waals surface area contributed by atoms with Crippen LogP contribution in [0.2, 0.25) is 0 Å². The number of rotatable bonds is 4. The summed E-state index contributed by atoms with van der Waals surface area (Å²) < 4.78 is 11.1. The van der Waals surface area contributed by atoms with Gasteiger partial charge in [-0.05, 0) is 44.0 Å². The summed E-state index contributed by atoms with van der Waals surface area (Å²) in [5, 5.41) is 3.63. The summed E-state index contributed by atoms with van der Waals surface area (Å²) in [6.07, 6.45) is 2.53. The summed E-state index contributed by atoms with van der Waals surface area (Å²) in [6, 6.07) is 9.08. The zero-order valence-electron chi connectivity index (χ0n) is 10.9. The van der Waals surface area contributed by atoms with Crippen LogP contribution in [0.25, 0.3) is 0 Å². The normalized spacial score (nSPS) is 25.7. The van der Waals surface area contributed by atoms with E-state index < -0.39 is 0 Å².